The maximum atomic E-state index is 6.78. The zero-order valence-electron chi connectivity index (χ0n) is 34.2. The molecule has 8 aromatic carbocycles. The minimum atomic E-state index is 0.0477. The van der Waals surface area contributed by atoms with Gasteiger partial charge in [0.25, 0.3) is 0 Å². The van der Waals surface area contributed by atoms with E-state index in [9.17, 15) is 0 Å². The molecule has 63 heavy (non-hydrogen) atoms. The Morgan fingerprint density at radius 1 is 0.444 bits per heavy atom. The van der Waals surface area contributed by atoms with Gasteiger partial charge in [0.2, 0.25) is 0 Å². The Bertz CT molecular complexity index is 3620. The molecule has 5 nitrogen and oxygen atoms in total. The van der Waals surface area contributed by atoms with Gasteiger partial charge in [-0.15, -0.1) is 0 Å². The molecule has 0 bridgehead atoms. The summed E-state index contributed by atoms with van der Waals surface area (Å²) in [7, 11) is 0. The molecule has 0 saturated heterocycles. The molecule has 296 valence electrons. The molecule has 4 heterocycles. The van der Waals surface area contributed by atoms with Crippen molar-refractivity contribution in [3.05, 3.63) is 224 Å². The first kappa shape index (κ1) is 35.5. The van der Waals surface area contributed by atoms with Gasteiger partial charge in [0, 0.05) is 61.3 Å². The van der Waals surface area contributed by atoms with E-state index in [0.717, 1.165) is 63.0 Å². The Kier molecular flexibility index (Phi) is 7.97. The molecule has 1 atom stereocenters. The Hall–Kier alpha value is -8.28. The zero-order chi connectivity index (χ0) is 41.4. The average molecular weight is 807 g/mol. The number of fused-ring (bicyclic) bond motifs is 9. The van der Waals surface area contributed by atoms with Crippen LogP contribution in [0.4, 0.5) is 0 Å². The van der Waals surface area contributed by atoms with Crippen LogP contribution < -0.4 is 4.74 Å². The van der Waals surface area contributed by atoms with Crippen LogP contribution in [0.1, 0.15) is 17.9 Å². The highest BCUT2D eigenvalue weighted by Crippen LogP contribution is 2.50. The summed E-state index contributed by atoms with van der Waals surface area (Å²) < 4.78 is 11.5. The molecule has 0 radical (unpaired) electrons. The summed E-state index contributed by atoms with van der Waals surface area (Å²) in [4.78, 5) is 10.4. The van der Waals surface area contributed by atoms with Crippen molar-refractivity contribution < 1.29 is 4.74 Å². The molecule has 11 aromatic rings. The van der Waals surface area contributed by atoms with E-state index in [-0.39, 0.29) is 5.92 Å². The highest BCUT2D eigenvalue weighted by molar-refractivity contribution is 6.13. The van der Waals surface area contributed by atoms with Crippen molar-refractivity contribution >= 4 is 49.3 Å². The van der Waals surface area contributed by atoms with E-state index >= 15 is 0 Å². The van der Waals surface area contributed by atoms with Crippen LogP contribution in [0.15, 0.2) is 218 Å². The third-order valence-corrected chi connectivity index (χ3v) is 12.9. The van der Waals surface area contributed by atoms with Crippen molar-refractivity contribution in [2.75, 3.05) is 0 Å². The number of allylic oxidation sites excluding steroid dienone is 4. The van der Waals surface area contributed by atoms with Crippen LogP contribution in [-0.4, -0.2) is 19.1 Å². The van der Waals surface area contributed by atoms with Crippen LogP contribution in [0.2, 0.25) is 0 Å². The Labute approximate surface area is 364 Å². The summed E-state index contributed by atoms with van der Waals surface area (Å²) in [6, 6.07) is 71.0. The van der Waals surface area contributed by atoms with E-state index in [1.807, 2.05) is 12.1 Å². The van der Waals surface area contributed by atoms with E-state index in [1.54, 1.807) is 0 Å². The number of benzene rings is 8. The molecular formula is C58H38N4O. The molecular weight excluding hydrogens is 769 g/mol. The number of rotatable bonds is 6. The highest BCUT2D eigenvalue weighted by atomic mass is 16.5. The molecule has 0 spiro atoms. The van der Waals surface area contributed by atoms with E-state index < -0.39 is 0 Å². The van der Waals surface area contributed by atoms with Crippen molar-refractivity contribution in [2.24, 2.45) is 0 Å². The Morgan fingerprint density at radius 2 is 0.984 bits per heavy atom. The minimum Gasteiger partial charge on any atom is -0.461 e. The van der Waals surface area contributed by atoms with Gasteiger partial charge in [-0.25, -0.2) is 9.97 Å². The van der Waals surface area contributed by atoms with Crippen molar-refractivity contribution in [1.82, 2.24) is 19.1 Å². The van der Waals surface area contributed by atoms with Crippen molar-refractivity contribution in [1.29, 1.82) is 0 Å². The van der Waals surface area contributed by atoms with Crippen molar-refractivity contribution in [3.8, 4) is 56.5 Å². The van der Waals surface area contributed by atoms with Crippen LogP contribution in [-0.2, 0) is 0 Å². The van der Waals surface area contributed by atoms with Gasteiger partial charge in [-0.2, -0.15) is 0 Å². The number of hydrogen-bond donors (Lipinski definition) is 0. The lowest BCUT2D eigenvalue weighted by atomic mass is 9.88. The summed E-state index contributed by atoms with van der Waals surface area (Å²) in [5.41, 5.74) is 15.4. The van der Waals surface area contributed by atoms with Gasteiger partial charge in [0.1, 0.15) is 11.5 Å². The molecule has 0 fully saturated rings. The first-order chi connectivity index (χ1) is 31.2. The summed E-state index contributed by atoms with van der Waals surface area (Å²) in [6.45, 7) is 0. The first-order valence-electron chi connectivity index (χ1n) is 21.6. The molecule has 1 aliphatic carbocycles. The summed E-state index contributed by atoms with van der Waals surface area (Å²) in [5, 5.41) is 4.94. The standard InChI is InChI=1S/C58H38N4O/c1-4-15-37(16-5-1)49-36-50(38-17-6-2-7-18-38)60-58(59-49)46-23-14-26-55-57(46)45-30-29-42(35-56(45)63-55)62-52-25-13-11-22-44(52)48-34-40(28-32-54(48)62)39-27-31-53-47(33-39)43-21-10-12-24-51(43)61(53)41-19-8-3-9-20-41/h1-29,31-36,45H,30H2. The fourth-order valence-electron chi connectivity index (χ4n) is 10.0. The Balaban J connectivity index is 0.888. The lowest BCUT2D eigenvalue weighted by Gasteiger charge is -2.19. The second-order valence-electron chi connectivity index (χ2n) is 16.5. The molecule has 1 aliphatic heterocycles. The molecule has 13 rings (SSSR count). The lowest BCUT2D eigenvalue weighted by Crippen LogP contribution is -2.07. The third kappa shape index (κ3) is 5.70. The second-order valence-corrected chi connectivity index (χ2v) is 16.5. The SMILES string of the molecule is C1=C2Oc3cccc(-c4nc(-c5ccccc5)cc(-c5ccccc5)n4)c3C2CC=C1n1c2ccccc2c2cc(-c3ccc4c(c3)c3ccccc3n4-c3ccccc3)ccc21. The van der Waals surface area contributed by atoms with E-state index in [0.29, 0.717) is 5.82 Å². The minimum absolute atomic E-state index is 0.0477. The van der Waals surface area contributed by atoms with Gasteiger partial charge in [-0.05, 0) is 78.2 Å². The molecule has 2 aliphatic rings. The van der Waals surface area contributed by atoms with Gasteiger partial charge in [0.05, 0.1) is 39.4 Å². The molecule has 1 unspecified atom stereocenters. The molecule has 0 N–H and O–H groups in total. The van der Waals surface area contributed by atoms with Gasteiger partial charge in [-0.1, -0.05) is 146 Å². The maximum Gasteiger partial charge on any atom is 0.160 e. The van der Waals surface area contributed by atoms with Crippen LogP contribution in [0.25, 0.3) is 100 Å². The van der Waals surface area contributed by atoms with E-state index in [1.165, 1.54) is 54.7 Å². The lowest BCUT2D eigenvalue weighted by molar-refractivity contribution is 0.425. The number of para-hydroxylation sites is 3. The first-order valence-corrected chi connectivity index (χ1v) is 21.6. The fraction of sp³-hybridized carbons (Fsp3) is 0.0345. The van der Waals surface area contributed by atoms with Crippen molar-refractivity contribution in [3.63, 3.8) is 0 Å². The molecule has 0 amide bonds. The summed E-state index contributed by atoms with van der Waals surface area (Å²) >= 11 is 0. The average Bonchev–Trinajstić information content (AvgIpc) is 4.01. The topological polar surface area (TPSA) is 44.9 Å². The number of ether oxygens (including phenoxy) is 1. The fourth-order valence-corrected chi connectivity index (χ4v) is 10.0. The second kappa shape index (κ2) is 14.2. The van der Waals surface area contributed by atoms with Gasteiger partial charge in [-0.3, -0.25) is 0 Å². The summed E-state index contributed by atoms with van der Waals surface area (Å²) in [5.74, 6) is 2.56. The van der Waals surface area contributed by atoms with Crippen LogP contribution >= 0.6 is 0 Å². The number of aromatic nitrogens is 4. The molecule has 0 saturated carbocycles. The van der Waals surface area contributed by atoms with Gasteiger partial charge >= 0.3 is 0 Å². The molecule has 3 aromatic heterocycles. The maximum absolute atomic E-state index is 6.78. The van der Waals surface area contributed by atoms with Crippen molar-refractivity contribution in [2.45, 2.75) is 12.3 Å². The third-order valence-electron chi connectivity index (χ3n) is 12.9. The Morgan fingerprint density at radius 3 is 1.62 bits per heavy atom. The number of hydrogen-bond acceptors (Lipinski definition) is 3. The quantitative estimate of drug-likeness (QED) is 0.168. The van der Waals surface area contributed by atoms with Gasteiger partial charge in [0.15, 0.2) is 5.82 Å². The molecule has 5 heteroatoms. The zero-order valence-corrected chi connectivity index (χ0v) is 34.2. The largest absolute Gasteiger partial charge is 0.461 e. The predicted octanol–water partition coefficient (Wildman–Crippen LogP) is 14.7. The van der Waals surface area contributed by atoms with Gasteiger partial charge < -0.3 is 13.9 Å². The normalized spacial score (nSPS) is 14.4. The number of nitrogens with zero attached hydrogens (tertiary/aromatic N) is 4. The summed E-state index contributed by atoms with van der Waals surface area (Å²) in [6.07, 6.45) is 5.40. The monoisotopic (exact) mass is 806 g/mol. The van der Waals surface area contributed by atoms with Crippen LogP contribution in [0.3, 0.4) is 0 Å². The van der Waals surface area contributed by atoms with E-state index in [4.69, 9.17) is 14.7 Å². The van der Waals surface area contributed by atoms with E-state index in [2.05, 4.69) is 209 Å². The van der Waals surface area contributed by atoms with Crippen LogP contribution in [0.5, 0.6) is 5.75 Å². The van der Waals surface area contributed by atoms with Crippen LogP contribution in [0, 0.1) is 0 Å². The smallest absolute Gasteiger partial charge is 0.160 e. The predicted molar refractivity (Wildman–Crippen MR) is 258 cm³/mol. The highest BCUT2D eigenvalue weighted by Gasteiger charge is 2.35.